The highest BCUT2D eigenvalue weighted by Gasteiger charge is 2.30. The lowest BCUT2D eigenvalue weighted by atomic mass is 9.83. The van der Waals surface area contributed by atoms with Crippen LogP contribution in [0.3, 0.4) is 0 Å². The molecule has 0 aliphatic heterocycles. The minimum atomic E-state index is -4.42. The molecule has 2 heterocycles. The fourth-order valence-electron chi connectivity index (χ4n) is 3.09. The molecule has 0 unspecified atom stereocenters. The standard InChI is InChI=1S/C21H19F3N4O2/c1-12(2)15(13-4-6-14(7-5-13)21(22,23)24)10-17(29)16-11-18(30)28-20(27-16)19-25-8-3-9-26-19/h3-9,11-12,15H,10H2,1-2H3,(H,27,28,30)/t15-/m1/s1. The molecule has 6 nitrogen and oxygen atoms in total. The van der Waals surface area contributed by atoms with Gasteiger partial charge in [0.25, 0.3) is 5.56 Å². The summed E-state index contributed by atoms with van der Waals surface area (Å²) >= 11 is 0. The number of nitrogens with one attached hydrogen (secondary N) is 1. The van der Waals surface area contributed by atoms with E-state index in [1.807, 2.05) is 13.8 Å². The third-order valence-electron chi connectivity index (χ3n) is 4.68. The Bertz CT molecular complexity index is 1080. The number of nitrogens with zero attached hydrogens (tertiary/aromatic N) is 3. The van der Waals surface area contributed by atoms with Crippen molar-refractivity contribution >= 4 is 5.78 Å². The molecule has 30 heavy (non-hydrogen) atoms. The van der Waals surface area contributed by atoms with Crippen LogP contribution in [0.5, 0.6) is 0 Å². The molecular weight excluding hydrogens is 397 g/mol. The molecule has 1 N–H and O–H groups in total. The molecule has 0 saturated heterocycles. The van der Waals surface area contributed by atoms with E-state index in [4.69, 9.17) is 0 Å². The van der Waals surface area contributed by atoms with E-state index >= 15 is 0 Å². The number of aromatic nitrogens is 4. The van der Waals surface area contributed by atoms with Crippen LogP contribution in [0.1, 0.15) is 47.8 Å². The van der Waals surface area contributed by atoms with Gasteiger partial charge in [0.15, 0.2) is 17.4 Å². The fourth-order valence-corrected chi connectivity index (χ4v) is 3.09. The first-order valence-corrected chi connectivity index (χ1v) is 9.24. The fraction of sp³-hybridized carbons (Fsp3) is 0.286. The van der Waals surface area contributed by atoms with Gasteiger partial charge in [0.2, 0.25) is 0 Å². The number of H-pyrrole nitrogens is 1. The number of rotatable bonds is 6. The van der Waals surface area contributed by atoms with Gasteiger partial charge in [-0.3, -0.25) is 9.59 Å². The molecule has 156 valence electrons. The van der Waals surface area contributed by atoms with Gasteiger partial charge in [-0.1, -0.05) is 26.0 Å². The molecular formula is C21H19F3N4O2. The largest absolute Gasteiger partial charge is 0.416 e. The Balaban J connectivity index is 1.87. The zero-order valence-electron chi connectivity index (χ0n) is 16.3. The Morgan fingerprint density at radius 2 is 1.73 bits per heavy atom. The lowest BCUT2D eigenvalue weighted by Crippen LogP contribution is -2.18. The lowest BCUT2D eigenvalue weighted by molar-refractivity contribution is -0.137. The molecule has 2 aromatic heterocycles. The Morgan fingerprint density at radius 1 is 1.10 bits per heavy atom. The van der Waals surface area contributed by atoms with Crippen LogP contribution in [0.2, 0.25) is 0 Å². The summed E-state index contributed by atoms with van der Waals surface area (Å²) in [4.78, 5) is 39.5. The zero-order valence-corrected chi connectivity index (χ0v) is 16.3. The van der Waals surface area contributed by atoms with E-state index in [1.54, 1.807) is 6.07 Å². The number of carbonyl (C=O) groups is 1. The van der Waals surface area contributed by atoms with Crippen molar-refractivity contribution in [3.63, 3.8) is 0 Å². The first-order chi connectivity index (χ1) is 14.1. The maximum absolute atomic E-state index is 12.9. The summed E-state index contributed by atoms with van der Waals surface area (Å²) in [7, 11) is 0. The van der Waals surface area contributed by atoms with Crippen molar-refractivity contribution in [2.75, 3.05) is 0 Å². The van der Waals surface area contributed by atoms with Crippen LogP contribution in [0, 0.1) is 5.92 Å². The van der Waals surface area contributed by atoms with Gasteiger partial charge in [-0.25, -0.2) is 15.0 Å². The van der Waals surface area contributed by atoms with Crippen LogP contribution in [0.15, 0.2) is 53.6 Å². The molecule has 3 aromatic rings. The number of halogens is 3. The van der Waals surface area contributed by atoms with E-state index in [0.29, 0.717) is 5.56 Å². The monoisotopic (exact) mass is 416 g/mol. The van der Waals surface area contributed by atoms with Crippen molar-refractivity contribution in [2.24, 2.45) is 5.92 Å². The van der Waals surface area contributed by atoms with Gasteiger partial charge in [0.1, 0.15) is 5.69 Å². The normalized spacial score (nSPS) is 12.7. The van der Waals surface area contributed by atoms with Gasteiger partial charge in [-0.15, -0.1) is 0 Å². The number of hydrogen-bond acceptors (Lipinski definition) is 5. The molecule has 0 radical (unpaired) electrons. The molecule has 0 saturated carbocycles. The van der Waals surface area contributed by atoms with E-state index in [-0.39, 0.29) is 35.6 Å². The third-order valence-corrected chi connectivity index (χ3v) is 4.68. The molecule has 3 rings (SSSR count). The number of carbonyl (C=O) groups excluding carboxylic acids is 1. The highest BCUT2D eigenvalue weighted by Crippen LogP contribution is 2.33. The number of ketones is 1. The number of aromatic amines is 1. The highest BCUT2D eigenvalue weighted by atomic mass is 19.4. The summed E-state index contributed by atoms with van der Waals surface area (Å²) in [6.07, 6.45) is -1.46. The predicted molar refractivity (Wildman–Crippen MR) is 104 cm³/mol. The Kier molecular flexibility index (Phi) is 6.09. The summed E-state index contributed by atoms with van der Waals surface area (Å²) in [6.45, 7) is 3.76. The smallest absolute Gasteiger partial charge is 0.304 e. The molecule has 0 aliphatic rings. The predicted octanol–water partition coefficient (Wildman–Crippen LogP) is 4.26. The van der Waals surface area contributed by atoms with Crippen LogP contribution in [-0.4, -0.2) is 25.7 Å². The van der Waals surface area contributed by atoms with E-state index < -0.39 is 23.1 Å². The van der Waals surface area contributed by atoms with Gasteiger partial charge < -0.3 is 4.98 Å². The van der Waals surface area contributed by atoms with Gasteiger partial charge in [0, 0.05) is 24.9 Å². The lowest BCUT2D eigenvalue weighted by Gasteiger charge is -2.21. The first kappa shape index (κ1) is 21.4. The van der Waals surface area contributed by atoms with Gasteiger partial charge >= 0.3 is 6.18 Å². The zero-order chi connectivity index (χ0) is 21.9. The van der Waals surface area contributed by atoms with Crippen LogP contribution in [0.25, 0.3) is 11.6 Å². The SMILES string of the molecule is CC(C)[C@@H](CC(=O)c1cc(=O)[nH]c(-c2ncccn2)n1)c1ccc(C(F)(F)F)cc1. The molecule has 1 aromatic carbocycles. The second kappa shape index (κ2) is 8.56. The highest BCUT2D eigenvalue weighted by molar-refractivity contribution is 5.95. The van der Waals surface area contributed by atoms with Crippen LogP contribution in [0.4, 0.5) is 13.2 Å². The Labute approximate surface area is 170 Å². The quantitative estimate of drug-likeness (QED) is 0.607. The average molecular weight is 416 g/mol. The summed E-state index contributed by atoms with van der Waals surface area (Å²) in [6, 6.07) is 7.48. The van der Waals surface area contributed by atoms with Crippen molar-refractivity contribution in [2.45, 2.75) is 32.4 Å². The van der Waals surface area contributed by atoms with Gasteiger partial charge in [0.05, 0.1) is 5.56 Å². The number of alkyl halides is 3. The topological polar surface area (TPSA) is 88.6 Å². The summed E-state index contributed by atoms with van der Waals surface area (Å²) in [5.74, 6) is -0.506. The average Bonchev–Trinajstić information content (AvgIpc) is 2.71. The van der Waals surface area contributed by atoms with E-state index in [9.17, 15) is 22.8 Å². The molecule has 0 fully saturated rings. The Hall–Kier alpha value is -3.36. The molecule has 9 heteroatoms. The maximum atomic E-state index is 12.9. The summed E-state index contributed by atoms with van der Waals surface area (Å²) in [5, 5.41) is 0. The van der Waals surface area contributed by atoms with E-state index in [0.717, 1.165) is 18.2 Å². The molecule has 0 aliphatic carbocycles. The number of hydrogen-bond donors (Lipinski definition) is 1. The van der Waals surface area contributed by atoms with Crippen LogP contribution in [-0.2, 0) is 6.18 Å². The summed E-state index contributed by atoms with van der Waals surface area (Å²) in [5.41, 5.74) is -0.697. The van der Waals surface area contributed by atoms with E-state index in [2.05, 4.69) is 19.9 Å². The molecule has 0 amide bonds. The minimum absolute atomic E-state index is 0.00539. The second-order valence-corrected chi connectivity index (χ2v) is 7.15. The summed E-state index contributed by atoms with van der Waals surface area (Å²) < 4.78 is 38.5. The van der Waals surface area contributed by atoms with Gasteiger partial charge in [-0.05, 0) is 35.6 Å². The molecule has 1 atom stereocenters. The second-order valence-electron chi connectivity index (χ2n) is 7.15. The van der Waals surface area contributed by atoms with Crippen LogP contribution < -0.4 is 5.56 Å². The minimum Gasteiger partial charge on any atom is -0.304 e. The van der Waals surface area contributed by atoms with Crippen molar-refractivity contribution in [1.29, 1.82) is 0 Å². The van der Waals surface area contributed by atoms with Crippen LogP contribution >= 0.6 is 0 Å². The molecule has 0 spiro atoms. The molecule has 0 bridgehead atoms. The van der Waals surface area contributed by atoms with Crippen molar-refractivity contribution in [3.8, 4) is 11.6 Å². The van der Waals surface area contributed by atoms with Gasteiger partial charge in [-0.2, -0.15) is 13.2 Å². The van der Waals surface area contributed by atoms with Crippen molar-refractivity contribution < 1.29 is 18.0 Å². The maximum Gasteiger partial charge on any atom is 0.416 e. The number of Topliss-reactive ketones (excluding diaryl/α,β-unsaturated/α-hetero) is 1. The Morgan fingerprint density at radius 3 is 2.30 bits per heavy atom. The number of benzene rings is 1. The third kappa shape index (κ3) is 4.97. The first-order valence-electron chi connectivity index (χ1n) is 9.24. The van der Waals surface area contributed by atoms with E-state index in [1.165, 1.54) is 24.5 Å². The van der Waals surface area contributed by atoms with Crippen molar-refractivity contribution in [3.05, 3.63) is 76.0 Å². The van der Waals surface area contributed by atoms with Crippen molar-refractivity contribution in [1.82, 2.24) is 19.9 Å².